The van der Waals surface area contributed by atoms with E-state index in [0.717, 1.165) is 33.8 Å². The maximum Gasteiger partial charge on any atom is 0.338 e. The number of benzene rings is 2. The van der Waals surface area contributed by atoms with Crippen molar-refractivity contribution < 1.29 is 9.53 Å². The molecule has 0 spiro atoms. The summed E-state index contributed by atoms with van der Waals surface area (Å²) in [6, 6.07) is 17.7. The molecular formula is C31H31N3O3S. The third-order valence-corrected chi connectivity index (χ3v) is 8.01. The molecule has 0 saturated carbocycles. The first-order valence-corrected chi connectivity index (χ1v) is 13.5. The second-order valence-electron chi connectivity index (χ2n) is 9.66. The summed E-state index contributed by atoms with van der Waals surface area (Å²) in [5, 5.41) is 0. The van der Waals surface area contributed by atoms with Crippen LogP contribution in [0.3, 0.4) is 0 Å². The van der Waals surface area contributed by atoms with Crippen LogP contribution >= 0.6 is 11.3 Å². The summed E-state index contributed by atoms with van der Waals surface area (Å²) in [4.78, 5) is 32.3. The number of carbonyl (C=O) groups excluding carboxylic acids is 1. The molecule has 2 aromatic heterocycles. The van der Waals surface area contributed by atoms with E-state index in [0.29, 0.717) is 20.6 Å². The highest BCUT2D eigenvalue weighted by molar-refractivity contribution is 7.07. The van der Waals surface area contributed by atoms with Gasteiger partial charge in [0.05, 0.1) is 28.5 Å². The molecule has 2 aromatic carbocycles. The van der Waals surface area contributed by atoms with Gasteiger partial charge >= 0.3 is 5.97 Å². The van der Waals surface area contributed by atoms with Gasteiger partial charge in [0.2, 0.25) is 0 Å². The van der Waals surface area contributed by atoms with Gasteiger partial charge in [0, 0.05) is 17.1 Å². The molecule has 6 nitrogen and oxygen atoms in total. The fraction of sp³-hybridized carbons (Fsp3) is 0.258. The summed E-state index contributed by atoms with van der Waals surface area (Å²) in [5.74, 6) is -0.449. The summed E-state index contributed by atoms with van der Waals surface area (Å²) >= 11 is 1.34. The van der Waals surface area contributed by atoms with Gasteiger partial charge in [0.25, 0.3) is 5.56 Å². The summed E-state index contributed by atoms with van der Waals surface area (Å²) in [7, 11) is 0. The lowest BCUT2D eigenvalue weighted by Gasteiger charge is -2.24. The lowest BCUT2D eigenvalue weighted by Crippen LogP contribution is -2.39. The van der Waals surface area contributed by atoms with Gasteiger partial charge in [-0.1, -0.05) is 59.4 Å². The summed E-state index contributed by atoms with van der Waals surface area (Å²) in [6.07, 6.45) is 1.94. The van der Waals surface area contributed by atoms with Crippen molar-refractivity contribution in [3.05, 3.63) is 119 Å². The van der Waals surface area contributed by atoms with Crippen LogP contribution in [0, 0.1) is 27.7 Å². The fourth-order valence-corrected chi connectivity index (χ4v) is 6.15. The Labute approximate surface area is 225 Å². The minimum atomic E-state index is -0.604. The monoisotopic (exact) mass is 525 g/mol. The van der Waals surface area contributed by atoms with E-state index in [1.54, 1.807) is 18.4 Å². The molecule has 0 aliphatic carbocycles. The van der Waals surface area contributed by atoms with Gasteiger partial charge in [0.15, 0.2) is 4.80 Å². The number of fused-ring (bicyclic) bond motifs is 1. The molecule has 0 amide bonds. The molecule has 0 saturated heterocycles. The molecule has 1 aliphatic rings. The summed E-state index contributed by atoms with van der Waals surface area (Å²) in [5.41, 5.74) is 8.17. The van der Waals surface area contributed by atoms with Crippen molar-refractivity contribution >= 4 is 23.4 Å². The van der Waals surface area contributed by atoms with Crippen LogP contribution in [-0.4, -0.2) is 21.7 Å². The lowest BCUT2D eigenvalue weighted by atomic mass is 9.95. The highest BCUT2D eigenvalue weighted by Crippen LogP contribution is 2.31. The average Bonchev–Trinajstić information content (AvgIpc) is 3.33. The van der Waals surface area contributed by atoms with Crippen LogP contribution in [0.15, 0.2) is 75.7 Å². The van der Waals surface area contributed by atoms with Crippen LogP contribution in [0.5, 0.6) is 0 Å². The number of hydrogen-bond acceptors (Lipinski definition) is 5. The van der Waals surface area contributed by atoms with Crippen molar-refractivity contribution in [3.63, 3.8) is 0 Å². The molecule has 38 heavy (non-hydrogen) atoms. The van der Waals surface area contributed by atoms with E-state index in [1.807, 2.05) is 49.4 Å². The Morgan fingerprint density at radius 3 is 2.45 bits per heavy atom. The SMILES string of the molecule is CCOC(=O)C1=C(C)N=c2s/c(=C/c3cc(C)n(-c4ccccc4C)c3C)c(=O)n2[C@H]1c1ccc(C)cc1. The first-order valence-electron chi connectivity index (χ1n) is 12.7. The second kappa shape index (κ2) is 10.1. The van der Waals surface area contributed by atoms with Gasteiger partial charge in [-0.15, -0.1) is 0 Å². The maximum atomic E-state index is 13.9. The number of nitrogens with zero attached hydrogens (tertiary/aromatic N) is 3. The van der Waals surface area contributed by atoms with E-state index in [2.05, 4.69) is 48.5 Å². The number of thiazole rings is 1. The highest BCUT2D eigenvalue weighted by atomic mass is 32.1. The van der Waals surface area contributed by atoms with E-state index < -0.39 is 12.0 Å². The van der Waals surface area contributed by atoms with E-state index in [1.165, 1.54) is 16.9 Å². The third kappa shape index (κ3) is 4.37. The van der Waals surface area contributed by atoms with E-state index in [9.17, 15) is 9.59 Å². The normalized spacial score (nSPS) is 15.4. The quantitative estimate of drug-likeness (QED) is 0.351. The molecule has 0 radical (unpaired) electrons. The van der Waals surface area contributed by atoms with Gasteiger partial charge in [-0.3, -0.25) is 9.36 Å². The zero-order chi connectivity index (χ0) is 27.1. The molecule has 0 N–H and O–H groups in total. The predicted molar refractivity (Wildman–Crippen MR) is 152 cm³/mol. The Hall–Kier alpha value is -3.97. The molecule has 0 fully saturated rings. The number of allylic oxidation sites excluding steroid dienone is 1. The molecule has 4 aromatic rings. The van der Waals surface area contributed by atoms with Crippen molar-refractivity contribution in [1.29, 1.82) is 0 Å². The van der Waals surface area contributed by atoms with Gasteiger partial charge in [-0.2, -0.15) is 0 Å². The summed E-state index contributed by atoms with van der Waals surface area (Å²) < 4.78 is 9.82. The van der Waals surface area contributed by atoms with Crippen LogP contribution in [0.1, 0.15) is 53.5 Å². The number of aromatic nitrogens is 2. The number of rotatable bonds is 5. The zero-order valence-corrected chi connectivity index (χ0v) is 23.3. The molecule has 5 rings (SSSR count). The third-order valence-electron chi connectivity index (χ3n) is 7.02. The van der Waals surface area contributed by atoms with Gasteiger partial charge in [-0.25, -0.2) is 9.79 Å². The number of aryl methyl sites for hydroxylation is 3. The molecule has 194 valence electrons. The second-order valence-corrected chi connectivity index (χ2v) is 10.7. The minimum Gasteiger partial charge on any atom is -0.463 e. The zero-order valence-electron chi connectivity index (χ0n) is 22.5. The minimum absolute atomic E-state index is 0.172. The van der Waals surface area contributed by atoms with Crippen LogP contribution in [0.2, 0.25) is 0 Å². The lowest BCUT2D eigenvalue weighted by molar-refractivity contribution is -0.139. The molecule has 0 bridgehead atoms. The van der Waals surface area contributed by atoms with Crippen LogP contribution in [0.4, 0.5) is 0 Å². The van der Waals surface area contributed by atoms with Crippen molar-refractivity contribution in [2.24, 2.45) is 4.99 Å². The Balaban J connectivity index is 1.70. The van der Waals surface area contributed by atoms with E-state index in [4.69, 9.17) is 4.74 Å². The molecule has 1 aliphatic heterocycles. The number of hydrogen-bond donors (Lipinski definition) is 0. The largest absolute Gasteiger partial charge is 0.463 e. The van der Waals surface area contributed by atoms with Crippen molar-refractivity contribution in [2.75, 3.05) is 6.61 Å². The van der Waals surface area contributed by atoms with Crippen LogP contribution in [-0.2, 0) is 9.53 Å². The Kier molecular flexibility index (Phi) is 6.80. The number of esters is 1. The van der Waals surface area contributed by atoms with Gasteiger partial charge in [0.1, 0.15) is 0 Å². The maximum absolute atomic E-state index is 13.9. The number of ether oxygens (including phenoxy) is 1. The van der Waals surface area contributed by atoms with Crippen molar-refractivity contribution in [3.8, 4) is 5.69 Å². The van der Waals surface area contributed by atoms with E-state index >= 15 is 0 Å². The number of para-hydroxylation sites is 1. The fourth-order valence-electron chi connectivity index (χ4n) is 5.12. The topological polar surface area (TPSA) is 65.6 Å². The average molecular weight is 526 g/mol. The molecule has 7 heteroatoms. The van der Waals surface area contributed by atoms with Crippen molar-refractivity contribution in [1.82, 2.24) is 9.13 Å². The van der Waals surface area contributed by atoms with Crippen LogP contribution < -0.4 is 14.9 Å². The molecular weight excluding hydrogens is 494 g/mol. The van der Waals surface area contributed by atoms with Crippen LogP contribution in [0.25, 0.3) is 11.8 Å². The Morgan fingerprint density at radius 2 is 1.76 bits per heavy atom. The van der Waals surface area contributed by atoms with Crippen molar-refractivity contribution in [2.45, 2.75) is 47.6 Å². The molecule has 0 unspecified atom stereocenters. The van der Waals surface area contributed by atoms with Gasteiger partial charge < -0.3 is 9.30 Å². The predicted octanol–water partition coefficient (Wildman–Crippen LogP) is 4.82. The molecule has 3 heterocycles. The Morgan fingerprint density at radius 1 is 1.05 bits per heavy atom. The van der Waals surface area contributed by atoms with Gasteiger partial charge in [-0.05, 0) is 76.4 Å². The Bertz CT molecular complexity index is 1770. The highest BCUT2D eigenvalue weighted by Gasteiger charge is 2.33. The first kappa shape index (κ1) is 25.7. The van der Waals surface area contributed by atoms with E-state index in [-0.39, 0.29) is 12.2 Å². The summed E-state index contributed by atoms with van der Waals surface area (Å²) in [6.45, 7) is 12.1. The first-order chi connectivity index (χ1) is 18.2. The standard InChI is InChI=1S/C31H31N3O3S/c1-7-37-30(36)27-21(5)32-31-34(28(27)23-14-12-18(2)13-15-23)29(35)26(38-31)17-24-16-20(4)33(22(24)6)25-11-9-8-10-19(25)3/h8-17,28H,7H2,1-6H3/b26-17+/t28-/m0/s1. The number of carbonyl (C=O) groups is 1. The smallest absolute Gasteiger partial charge is 0.338 e. The molecule has 1 atom stereocenters.